The van der Waals surface area contributed by atoms with Crippen molar-refractivity contribution in [3.63, 3.8) is 0 Å². The maximum absolute atomic E-state index is 12.9. The van der Waals surface area contributed by atoms with E-state index in [0.717, 1.165) is 24.1 Å². The van der Waals surface area contributed by atoms with Gasteiger partial charge in [0.15, 0.2) is 5.60 Å². The van der Waals surface area contributed by atoms with E-state index in [1.165, 1.54) is 0 Å². The number of hydrogen-bond donors (Lipinski definition) is 1. The van der Waals surface area contributed by atoms with Crippen molar-refractivity contribution in [3.8, 4) is 0 Å². The predicted molar refractivity (Wildman–Crippen MR) is 107 cm³/mol. The summed E-state index contributed by atoms with van der Waals surface area (Å²) in [7, 11) is 0. The molecular weight excluding hydrogens is 354 g/mol. The number of hydrogen-bond acceptors (Lipinski definition) is 4. The molecule has 0 bridgehead atoms. The van der Waals surface area contributed by atoms with Crippen molar-refractivity contribution in [2.24, 2.45) is 5.16 Å². The van der Waals surface area contributed by atoms with E-state index >= 15 is 0 Å². The first-order valence-electron chi connectivity index (χ1n) is 9.52. The molecule has 2 amide bonds. The third kappa shape index (κ3) is 3.76. The van der Waals surface area contributed by atoms with E-state index in [1.54, 1.807) is 0 Å². The molecular formula is C22H23N3O3. The van der Waals surface area contributed by atoms with E-state index in [-0.39, 0.29) is 11.8 Å². The molecule has 2 aliphatic rings. The second-order valence-corrected chi connectivity index (χ2v) is 7.51. The Kier molecular flexibility index (Phi) is 4.86. The Morgan fingerprint density at radius 3 is 2.75 bits per heavy atom. The molecule has 1 saturated heterocycles. The predicted octanol–water partition coefficient (Wildman–Crippen LogP) is 3.38. The van der Waals surface area contributed by atoms with Gasteiger partial charge in [-0.1, -0.05) is 41.1 Å². The lowest BCUT2D eigenvalue weighted by molar-refractivity contribution is -0.110. The fourth-order valence-electron chi connectivity index (χ4n) is 3.82. The molecule has 1 spiro atoms. The van der Waals surface area contributed by atoms with Crippen molar-refractivity contribution in [1.29, 1.82) is 0 Å². The molecule has 0 aliphatic carbocycles. The lowest BCUT2D eigenvalue weighted by Crippen LogP contribution is -2.50. The van der Waals surface area contributed by atoms with Crippen LogP contribution in [0.2, 0.25) is 0 Å². The van der Waals surface area contributed by atoms with Gasteiger partial charge in [-0.2, -0.15) is 0 Å². The van der Waals surface area contributed by atoms with Crippen LogP contribution in [0.5, 0.6) is 0 Å². The topological polar surface area (TPSA) is 71.0 Å². The first-order valence-corrected chi connectivity index (χ1v) is 9.52. The SMILES string of the molecule is Cc1cccc(C(=O)N2CCCC3(CC(C(=O)Nc4ccccc4)=NO3)C2)c1. The zero-order valence-corrected chi connectivity index (χ0v) is 15.9. The summed E-state index contributed by atoms with van der Waals surface area (Å²) in [4.78, 5) is 33.0. The minimum Gasteiger partial charge on any atom is -0.386 e. The maximum Gasteiger partial charge on any atom is 0.273 e. The molecule has 4 rings (SSSR count). The number of nitrogens with zero attached hydrogens (tertiary/aromatic N) is 2. The molecule has 1 fully saturated rings. The average Bonchev–Trinajstić information content (AvgIpc) is 3.11. The van der Waals surface area contributed by atoms with Gasteiger partial charge in [0.25, 0.3) is 11.8 Å². The Labute approximate surface area is 164 Å². The number of piperidine rings is 1. The van der Waals surface area contributed by atoms with Crippen LogP contribution < -0.4 is 5.32 Å². The van der Waals surface area contributed by atoms with Gasteiger partial charge < -0.3 is 15.1 Å². The Morgan fingerprint density at radius 2 is 1.96 bits per heavy atom. The van der Waals surface area contributed by atoms with E-state index in [9.17, 15) is 9.59 Å². The third-order valence-electron chi connectivity index (χ3n) is 5.22. The average molecular weight is 377 g/mol. The molecule has 6 heteroatoms. The Balaban J connectivity index is 1.42. The molecule has 2 aromatic rings. The summed E-state index contributed by atoms with van der Waals surface area (Å²) < 4.78 is 0. The number of likely N-dealkylation sites (tertiary alicyclic amines) is 1. The van der Waals surface area contributed by atoms with E-state index in [2.05, 4.69) is 10.5 Å². The standard InChI is InChI=1S/C22H23N3O3/c1-16-7-5-8-17(13-16)21(27)25-12-6-11-22(15-25)14-19(24-28-22)20(26)23-18-9-3-2-4-10-18/h2-5,7-10,13H,6,11-12,14-15H2,1H3,(H,23,26). The molecule has 6 nitrogen and oxygen atoms in total. The molecule has 0 saturated carbocycles. The molecule has 1 atom stereocenters. The van der Waals surface area contributed by atoms with E-state index in [1.807, 2.05) is 66.4 Å². The largest absolute Gasteiger partial charge is 0.386 e. The number of rotatable bonds is 3. The van der Waals surface area contributed by atoms with Crippen LogP contribution in [0.3, 0.4) is 0 Å². The van der Waals surface area contributed by atoms with Gasteiger partial charge in [-0.05, 0) is 44.0 Å². The summed E-state index contributed by atoms with van der Waals surface area (Å²) in [6, 6.07) is 16.9. The summed E-state index contributed by atoms with van der Waals surface area (Å²) in [6.07, 6.45) is 2.00. The van der Waals surface area contributed by atoms with Gasteiger partial charge in [0.2, 0.25) is 0 Å². The Hall–Kier alpha value is -3.15. The van der Waals surface area contributed by atoms with Gasteiger partial charge in [-0.15, -0.1) is 0 Å². The second kappa shape index (κ2) is 7.46. The highest BCUT2D eigenvalue weighted by Gasteiger charge is 2.45. The minimum atomic E-state index is -0.610. The van der Waals surface area contributed by atoms with Gasteiger partial charge in [0.1, 0.15) is 5.71 Å². The van der Waals surface area contributed by atoms with Crippen molar-refractivity contribution in [2.45, 2.75) is 31.8 Å². The van der Waals surface area contributed by atoms with E-state index in [4.69, 9.17) is 4.84 Å². The van der Waals surface area contributed by atoms with Crippen LogP contribution in [0.4, 0.5) is 5.69 Å². The third-order valence-corrected chi connectivity index (χ3v) is 5.22. The molecule has 28 heavy (non-hydrogen) atoms. The lowest BCUT2D eigenvalue weighted by Gasteiger charge is -2.38. The molecule has 2 aliphatic heterocycles. The van der Waals surface area contributed by atoms with Crippen molar-refractivity contribution < 1.29 is 14.4 Å². The highest BCUT2D eigenvalue weighted by atomic mass is 16.7. The van der Waals surface area contributed by atoms with Crippen LogP contribution in [0.1, 0.15) is 35.2 Å². The Bertz CT molecular complexity index is 926. The number of carbonyl (C=O) groups excluding carboxylic acids is 2. The van der Waals surface area contributed by atoms with E-state index < -0.39 is 5.60 Å². The van der Waals surface area contributed by atoms with Gasteiger partial charge >= 0.3 is 0 Å². The number of aryl methyl sites for hydroxylation is 1. The zero-order valence-electron chi connectivity index (χ0n) is 15.9. The molecule has 0 aromatic heterocycles. The second-order valence-electron chi connectivity index (χ2n) is 7.51. The molecule has 2 heterocycles. The van der Waals surface area contributed by atoms with Crippen LogP contribution in [-0.2, 0) is 9.63 Å². The number of carbonyl (C=O) groups is 2. The first-order chi connectivity index (χ1) is 13.5. The number of para-hydroxylation sites is 1. The van der Waals surface area contributed by atoms with Crippen molar-refractivity contribution >= 4 is 23.2 Å². The van der Waals surface area contributed by atoms with Crippen LogP contribution in [0.25, 0.3) is 0 Å². The van der Waals surface area contributed by atoms with Crippen molar-refractivity contribution in [2.75, 3.05) is 18.4 Å². The van der Waals surface area contributed by atoms with Crippen LogP contribution >= 0.6 is 0 Å². The van der Waals surface area contributed by atoms with Gasteiger partial charge in [0, 0.05) is 24.2 Å². The summed E-state index contributed by atoms with van der Waals surface area (Å²) in [5.74, 6) is -0.265. The van der Waals surface area contributed by atoms with Gasteiger partial charge in [0.05, 0.1) is 6.54 Å². The van der Waals surface area contributed by atoms with Gasteiger partial charge in [-0.25, -0.2) is 0 Å². The fraction of sp³-hybridized carbons (Fsp3) is 0.318. The molecule has 1 N–H and O–H groups in total. The first kappa shape index (κ1) is 18.2. The molecule has 1 unspecified atom stereocenters. The quantitative estimate of drug-likeness (QED) is 0.891. The summed E-state index contributed by atoms with van der Waals surface area (Å²) in [5, 5.41) is 6.90. The number of anilines is 1. The number of nitrogens with one attached hydrogen (secondary N) is 1. The normalized spacial score (nSPS) is 21.2. The molecule has 0 radical (unpaired) electrons. The molecule has 144 valence electrons. The Morgan fingerprint density at radius 1 is 1.14 bits per heavy atom. The van der Waals surface area contributed by atoms with E-state index in [0.29, 0.717) is 30.8 Å². The minimum absolute atomic E-state index is 0.00596. The van der Waals surface area contributed by atoms with Crippen LogP contribution in [-0.4, -0.2) is 41.1 Å². The monoisotopic (exact) mass is 377 g/mol. The smallest absolute Gasteiger partial charge is 0.273 e. The highest BCUT2D eigenvalue weighted by molar-refractivity contribution is 6.43. The summed E-state index contributed by atoms with van der Waals surface area (Å²) in [5.41, 5.74) is 2.21. The van der Waals surface area contributed by atoms with Crippen molar-refractivity contribution in [1.82, 2.24) is 4.90 Å². The van der Waals surface area contributed by atoms with Crippen LogP contribution in [0.15, 0.2) is 59.8 Å². The van der Waals surface area contributed by atoms with Crippen LogP contribution in [0, 0.1) is 6.92 Å². The summed E-state index contributed by atoms with van der Waals surface area (Å²) >= 11 is 0. The number of amides is 2. The maximum atomic E-state index is 12.9. The highest BCUT2D eigenvalue weighted by Crippen LogP contribution is 2.34. The zero-order chi connectivity index (χ0) is 19.6. The van der Waals surface area contributed by atoms with Crippen molar-refractivity contribution in [3.05, 3.63) is 65.7 Å². The number of oxime groups is 1. The fourth-order valence-corrected chi connectivity index (χ4v) is 3.82. The summed E-state index contributed by atoms with van der Waals surface area (Å²) in [6.45, 7) is 3.09. The number of benzene rings is 2. The lowest BCUT2D eigenvalue weighted by atomic mass is 9.87. The molecule has 2 aromatic carbocycles. The van der Waals surface area contributed by atoms with Gasteiger partial charge in [-0.3, -0.25) is 9.59 Å².